The van der Waals surface area contributed by atoms with Gasteiger partial charge in [-0.25, -0.2) is 4.98 Å². The summed E-state index contributed by atoms with van der Waals surface area (Å²) < 4.78 is 5.39. The number of aromatic nitrogens is 2. The lowest BCUT2D eigenvalue weighted by atomic mass is 10.1. The van der Waals surface area contributed by atoms with Gasteiger partial charge in [-0.1, -0.05) is 6.07 Å². The van der Waals surface area contributed by atoms with Crippen molar-refractivity contribution in [3.63, 3.8) is 0 Å². The van der Waals surface area contributed by atoms with Gasteiger partial charge in [-0.15, -0.1) is 0 Å². The smallest absolute Gasteiger partial charge is 0.139 e. The lowest BCUT2D eigenvalue weighted by molar-refractivity contribution is 0.0124. The van der Waals surface area contributed by atoms with Crippen LogP contribution in [0.4, 0.5) is 0 Å². The highest BCUT2D eigenvalue weighted by atomic mass is 16.5. The third-order valence-electron chi connectivity index (χ3n) is 2.72. The van der Waals surface area contributed by atoms with E-state index < -0.39 is 0 Å². The standard InChI is InChI=1S/C12H16N2O/c1-8-5-6-9-10(7-8)14-11(13-9)12(2,3)15-4/h5-7H,1-4H3,(H,13,14). The molecule has 1 aromatic heterocycles. The first-order chi connectivity index (χ1) is 7.03. The molecule has 0 aliphatic heterocycles. The zero-order valence-electron chi connectivity index (χ0n) is 9.59. The minimum absolute atomic E-state index is 0.368. The number of rotatable bonds is 2. The predicted molar refractivity (Wildman–Crippen MR) is 60.9 cm³/mol. The summed E-state index contributed by atoms with van der Waals surface area (Å²) in [5, 5.41) is 0. The lowest BCUT2D eigenvalue weighted by Crippen LogP contribution is -2.21. The van der Waals surface area contributed by atoms with Crippen molar-refractivity contribution in [3.8, 4) is 0 Å². The molecule has 1 aromatic carbocycles. The molecule has 2 aromatic rings. The van der Waals surface area contributed by atoms with Crippen molar-refractivity contribution in [2.75, 3.05) is 7.11 Å². The van der Waals surface area contributed by atoms with E-state index in [2.05, 4.69) is 29.0 Å². The van der Waals surface area contributed by atoms with Crippen LogP contribution in [0.2, 0.25) is 0 Å². The van der Waals surface area contributed by atoms with Crippen LogP contribution in [-0.4, -0.2) is 17.1 Å². The molecule has 0 amide bonds. The van der Waals surface area contributed by atoms with Gasteiger partial charge in [0.25, 0.3) is 0 Å². The van der Waals surface area contributed by atoms with Gasteiger partial charge in [0.15, 0.2) is 0 Å². The Morgan fingerprint density at radius 3 is 2.73 bits per heavy atom. The summed E-state index contributed by atoms with van der Waals surface area (Å²) in [6.45, 7) is 6.07. The van der Waals surface area contributed by atoms with Crippen LogP contribution in [0.15, 0.2) is 18.2 Å². The molecule has 0 aliphatic rings. The molecular weight excluding hydrogens is 188 g/mol. The van der Waals surface area contributed by atoms with Gasteiger partial charge < -0.3 is 9.72 Å². The van der Waals surface area contributed by atoms with Gasteiger partial charge in [0.1, 0.15) is 11.4 Å². The number of ether oxygens (including phenoxy) is 1. The minimum atomic E-state index is -0.368. The Labute approximate surface area is 89.5 Å². The summed E-state index contributed by atoms with van der Waals surface area (Å²) in [7, 11) is 1.69. The molecule has 80 valence electrons. The Hall–Kier alpha value is -1.35. The van der Waals surface area contributed by atoms with E-state index in [1.165, 1.54) is 5.56 Å². The predicted octanol–water partition coefficient (Wildman–Crippen LogP) is 2.75. The quantitative estimate of drug-likeness (QED) is 0.816. The van der Waals surface area contributed by atoms with E-state index in [1.807, 2.05) is 19.9 Å². The molecule has 0 radical (unpaired) electrons. The van der Waals surface area contributed by atoms with Gasteiger partial charge in [0.05, 0.1) is 11.0 Å². The topological polar surface area (TPSA) is 37.9 Å². The van der Waals surface area contributed by atoms with Crippen LogP contribution in [0.5, 0.6) is 0 Å². The number of aromatic amines is 1. The van der Waals surface area contributed by atoms with Gasteiger partial charge in [0.2, 0.25) is 0 Å². The second kappa shape index (κ2) is 3.35. The minimum Gasteiger partial charge on any atom is -0.371 e. The molecule has 0 spiro atoms. The fourth-order valence-corrected chi connectivity index (χ4v) is 1.51. The van der Waals surface area contributed by atoms with E-state index in [4.69, 9.17) is 4.74 Å². The summed E-state index contributed by atoms with van der Waals surface area (Å²) in [6.07, 6.45) is 0. The first kappa shape index (κ1) is 10.2. The van der Waals surface area contributed by atoms with E-state index in [0.717, 1.165) is 16.9 Å². The SMILES string of the molecule is COC(C)(C)c1nc2ccc(C)cc2[nH]1. The molecule has 0 aliphatic carbocycles. The van der Waals surface area contributed by atoms with Crippen LogP contribution in [0.25, 0.3) is 11.0 Å². The number of hydrogen-bond acceptors (Lipinski definition) is 2. The van der Waals surface area contributed by atoms with Gasteiger partial charge in [-0.05, 0) is 38.5 Å². The van der Waals surface area contributed by atoms with Crippen molar-refractivity contribution in [2.45, 2.75) is 26.4 Å². The number of aryl methyl sites for hydroxylation is 1. The molecular formula is C12H16N2O. The van der Waals surface area contributed by atoms with Gasteiger partial charge in [-0.2, -0.15) is 0 Å². The number of H-pyrrole nitrogens is 1. The Bertz CT molecular complexity index is 485. The molecule has 0 fully saturated rings. The molecule has 0 unspecified atom stereocenters. The molecule has 0 bridgehead atoms. The Morgan fingerprint density at radius 1 is 1.33 bits per heavy atom. The van der Waals surface area contributed by atoms with Crippen molar-refractivity contribution in [1.82, 2.24) is 9.97 Å². The first-order valence-electron chi connectivity index (χ1n) is 5.05. The number of imidazole rings is 1. The maximum atomic E-state index is 5.39. The van der Waals surface area contributed by atoms with E-state index in [0.29, 0.717) is 0 Å². The van der Waals surface area contributed by atoms with E-state index in [-0.39, 0.29) is 5.60 Å². The molecule has 3 nitrogen and oxygen atoms in total. The molecule has 0 atom stereocenters. The van der Waals surface area contributed by atoms with Crippen molar-refractivity contribution < 1.29 is 4.74 Å². The lowest BCUT2D eigenvalue weighted by Gasteiger charge is -2.19. The van der Waals surface area contributed by atoms with Gasteiger partial charge in [0, 0.05) is 7.11 Å². The molecule has 0 saturated heterocycles. The van der Waals surface area contributed by atoms with E-state index in [9.17, 15) is 0 Å². The van der Waals surface area contributed by atoms with Crippen LogP contribution in [0.1, 0.15) is 25.2 Å². The van der Waals surface area contributed by atoms with Crippen molar-refractivity contribution in [1.29, 1.82) is 0 Å². The van der Waals surface area contributed by atoms with Crippen LogP contribution < -0.4 is 0 Å². The van der Waals surface area contributed by atoms with E-state index >= 15 is 0 Å². The van der Waals surface area contributed by atoms with Crippen molar-refractivity contribution in [2.24, 2.45) is 0 Å². The average molecular weight is 204 g/mol. The maximum absolute atomic E-state index is 5.39. The van der Waals surface area contributed by atoms with Crippen LogP contribution in [-0.2, 0) is 10.3 Å². The van der Waals surface area contributed by atoms with Crippen LogP contribution in [0.3, 0.4) is 0 Å². The third-order valence-corrected chi connectivity index (χ3v) is 2.72. The molecule has 15 heavy (non-hydrogen) atoms. The summed E-state index contributed by atoms with van der Waals surface area (Å²) in [6, 6.07) is 6.18. The normalized spacial score (nSPS) is 12.3. The zero-order chi connectivity index (χ0) is 11.1. The fourth-order valence-electron chi connectivity index (χ4n) is 1.51. The summed E-state index contributed by atoms with van der Waals surface area (Å²) in [4.78, 5) is 7.81. The van der Waals surface area contributed by atoms with Crippen molar-refractivity contribution >= 4 is 11.0 Å². The molecule has 1 heterocycles. The first-order valence-corrected chi connectivity index (χ1v) is 5.05. The van der Waals surface area contributed by atoms with Crippen LogP contribution >= 0.6 is 0 Å². The summed E-state index contributed by atoms with van der Waals surface area (Å²) in [5.74, 6) is 0.866. The van der Waals surface area contributed by atoms with E-state index in [1.54, 1.807) is 7.11 Å². The third kappa shape index (κ3) is 1.75. The average Bonchev–Trinajstić information content (AvgIpc) is 2.61. The largest absolute Gasteiger partial charge is 0.371 e. The number of methoxy groups -OCH3 is 1. The number of hydrogen-bond donors (Lipinski definition) is 1. The zero-order valence-corrected chi connectivity index (χ0v) is 9.59. The molecule has 1 N–H and O–H groups in total. The summed E-state index contributed by atoms with van der Waals surface area (Å²) >= 11 is 0. The maximum Gasteiger partial charge on any atom is 0.139 e. The molecule has 3 heteroatoms. The fraction of sp³-hybridized carbons (Fsp3) is 0.417. The second-order valence-corrected chi connectivity index (χ2v) is 4.32. The monoisotopic (exact) mass is 204 g/mol. The summed E-state index contributed by atoms with van der Waals surface area (Å²) in [5.41, 5.74) is 2.91. The number of fused-ring (bicyclic) bond motifs is 1. The van der Waals surface area contributed by atoms with Crippen LogP contribution in [0, 0.1) is 6.92 Å². The second-order valence-electron chi connectivity index (χ2n) is 4.32. The molecule has 2 rings (SSSR count). The number of nitrogens with one attached hydrogen (secondary N) is 1. The Kier molecular flexibility index (Phi) is 2.27. The highest BCUT2D eigenvalue weighted by Crippen LogP contribution is 2.23. The van der Waals surface area contributed by atoms with Crippen molar-refractivity contribution in [3.05, 3.63) is 29.6 Å². The number of benzene rings is 1. The van der Waals surface area contributed by atoms with Gasteiger partial charge >= 0.3 is 0 Å². The molecule has 0 saturated carbocycles. The van der Waals surface area contributed by atoms with Gasteiger partial charge in [-0.3, -0.25) is 0 Å². The Morgan fingerprint density at radius 2 is 2.07 bits per heavy atom. The number of nitrogens with zero attached hydrogens (tertiary/aromatic N) is 1. The highest BCUT2D eigenvalue weighted by molar-refractivity contribution is 5.75. The highest BCUT2D eigenvalue weighted by Gasteiger charge is 2.23. The Balaban J connectivity index is 2.56.